The average Bonchev–Trinajstić information content (AvgIpc) is 2.90. The van der Waals surface area contributed by atoms with Gasteiger partial charge in [-0.2, -0.15) is 0 Å². The summed E-state index contributed by atoms with van der Waals surface area (Å²) in [4.78, 5) is 2.31. The van der Waals surface area contributed by atoms with Gasteiger partial charge in [0.1, 0.15) is 0 Å². The summed E-state index contributed by atoms with van der Waals surface area (Å²) in [6.45, 7) is 11.5. The molecule has 2 aliphatic rings. The third-order valence-corrected chi connectivity index (χ3v) is 4.96. The first-order valence-electron chi connectivity index (χ1n) is 8.32. The molecule has 4 rings (SSSR count). The maximum atomic E-state index is 4.34. The van der Waals surface area contributed by atoms with E-state index >= 15 is 0 Å². The molecule has 0 saturated heterocycles. The summed E-state index contributed by atoms with van der Waals surface area (Å²) in [6, 6.07) is 13.4. The van der Waals surface area contributed by atoms with E-state index in [0.29, 0.717) is 0 Å². The van der Waals surface area contributed by atoms with Crippen LogP contribution >= 0.6 is 0 Å². The first kappa shape index (κ1) is 14.1. The van der Waals surface area contributed by atoms with Crippen LogP contribution in [0.15, 0.2) is 55.3 Å². The molecule has 0 atom stereocenters. The molecule has 0 aliphatic carbocycles. The molecule has 2 aromatic rings. The van der Waals surface area contributed by atoms with Gasteiger partial charge in [0.2, 0.25) is 0 Å². The molecule has 0 aromatic heterocycles. The topological polar surface area (TPSA) is 15.3 Å². The zero-order valence-electron chi connectivity index (χ0n) is 13.7. The van der Waals surface area contributed by atoms with Crippen LogP contribution in [0.5, 0.6) is 0 Å². The molecule has 2 heteroatoms. The zero-order valence-corrected chi connectivity index (χ0v) is 13.7. The third kappa shape index (κ3) is 2.35. The molecule has 0 saturated carbocycles. The van der Waals surface area contributed by atoms with Gasteiger partial charge in [-0.15, -0.1) is 0 Å². The van der Waals surface area contributed by atoms with Crippen LogP contribution in [0.2, 0.25) is 0 Å². The van der Waals surface area contributed by atoms with Crippen LogP contribution < -0.4 is 10.2 Å². The highest BCUT2D eigenvalue weighted by Crippen LogP contribution is 2.38. The standard InChI is InChI=1S/C21H22N2/c1-4-16-6-8-18-13-23(15(3)20(18)11-16)19-10-9-17-7-5-14(2)22-21(17)12-19/h6,8-12,22H,2-5,7,13H2,1H3. The number of benzene rings is 2. The van der Waals surface area contributed by atoms with E-state index in [1.54, 1.807) is 0 Å². The summed E-state index contributed by atoms with van der Waals surface area (Å²) < 4.78 is 0. The Morgan fingerprint density at radius 2 is 1.87 bits per heavy atom. The van der Waals surface area contributed by atoms with Crippen LogP contribution in [0.1, 0.15) is 35.6 Å². The van der Waals surface area contributed by atoms with Gasteiger partial charge in [0.15, 0.2) is 0 Å². The second-order valence-corrected chi connectivity index (χ2v) is 6.45. The Hall–Kier alpha value is -2.48. The lowest BCUT2D eigenvalue weighted by Gasteiger charge is -2.25. The molecule has 0 spiro atoms. The lowest BCUT2D eigenvalue weighted by atomic mass is 10.0. The number of nitrogens with one attached hydrogen (secondary N) is 1. The van der Waals surface area contributed by atoms with E-state index < -0.39 is 0 Å². The molecule has 2 aromatic carbocycles. The van der Waals surface area contributed by atoms with Crippen molar-refractivity contribution in [2.24, 2.45) is 0 Å². The Morgan fingerprint density at radius 3 is 2.70 bits per heavy atom. The molecule has 2 nitrogen and oxygen atoms in total. The zero-order chi connectivity index (χ0) is 16.0. The van der Waals surface area contributed by atoms with Crippen molar-refractivity contribution < 1.29 is 0 Å². The normalized spacial score (nSPS) is 16.1. The van der Waals surface area contributed by atoms with Crippen molar-refractivity contribution >= 4 is 17.1 Å². The Kier molecular flexibility index (Phi) is 3.26. The van der Waals surface area contributed by atoms with Crippen molar-refractivity contribution in [1.82, 2.24) is 0 Å². The summed E-state index contributed by atoms with van der Waals surface area (Å²) >= 11 is 0. The highest BCUT2D eigenvalue weighted by atomic mass is 15.2. The van der Waals surface area contributed by atoms with Gasteiger partial charge in [-0.3, -0.25) is 0 Å². The van der Waals surface area contributed by atoms with Crippen LogP contribution in [0.4, 0.5) is 11.4 Å². The Balaban J connectivity index is 1.69. The minimum atomic E-state index is 0.901. The van der Waals surface area contributed by atoms with Crippen molar-refractivity contribution in [2.75, 3.05) is 10.2 Å². The number of fused-ring (bicyclic) bond motifs is 2. The minimum Gasteiger partial charge on any atom is -0.359 e. The predicted octanol–water partition coefficient (Wildman–Crippen LogP) is 5.11. The van der Waals surface area contributed by atoms with E-state index in [4.69, 9.17) is 0 Å². The fourth-order valence-corrected chi connectivity index (χ4v) is 3.51. The molecule has 116 valence electrons. The average molecular weight is 302 g/mol. The van der Waals surface area contributed by atoms with Gasteiger partial charge in [-0.05, 0) is 54.2 Å². The number of hydrogen-bond acceptors (Lipinski definition) is 2. The maximum Gasteiger partial charge on any atom is 0.0488 e. The molecule has 0 amide bonds. The SMILES string of the molecule is C=C1CCc2ccc(N3Cc4ccc(CC)cc4C3=C)cc2N1. The van der Waals surface area contributed by atoms with Crippen LogP contribution in [0, 0.1) is 0 Å². The molecule has 1 N–H and O–H groups in total. The molecule has 0 radical (unpaired) electrons. The second kappa shape index (κ2) is 5.31. The number of nitrogens with zero attached hydrogens (tertiary/aromatic N) is 1. The van der Waals surface area contributed by atoms with Crippen molar-refractivity contribution in [1.29, 1.82) is 0 Å². The molecule has 23 heavy (non-hydrogen) atoms. The van der Waals surface area contributed by atoms with E-state index in [1.807, 2.05) is 0 Å². The van der Waals surface area contributed by atoms with E-state index in [2.05, 4.69) is 66.7 Å². The molecule has 0 bridgehead atoms. The number of aryl methyl sites for hydroxylation is 2. The number of allylic oxidation sites excluding steroid dienone is 1. The molecule has 0 fully saturated rings. The van der Waals surface area contributed by atoms with Gasteiger partial charge in [0, 0.05) is 34.9 Å². The van der Waals surface area contributed by atoms with Gasteiger partial charge in [-0.1, -0.05) is 38.3 Å². The number of anilines is 2. The largest absolute Gasteiger partial charge is 0.359 e. The lowest BCUT2D eigenvalue weighted by molar-refractivity contribution is 0.916. The molecule has 0 unspecified atom stereocenters. The van der Waals surface area contributed by atoms with Crippen molar-refractivity contribution in [3.63, 3.8) is 0 Å². The van der Waals surface area contributed by atoms with Gasteiger partial charge >= 0.3 is 0 Å². The van der Waals surface area contributed by atoms with E-state index in [9.17, 15) is 0 Å². The van der Waals surface area contributed by atoms with Crippen molar-refractivity contribution in [3.8, 4) is 0 Å². The van der Waals surface area contributed by atoms with Crippen LogP contribution in [-0.2, 0) is 19.4 Å². The highest BCUT2D eigenvalue weighted by Gasteiger charge is 2.24. The van der Waals surface area contributed by atoms with Crippen LogP contribution in [0.3, 0.4) is 0 Å². The summed E-state index contributed by atoms with van der Waals surface area (Å²) in [5, 5.41) is 3.43. The Morgan fingerprint density at radius 1 is 1.04 bits per heavy atom. The summed E-state index contributed by atoms with van der Waals surface area (Å²) in [6.07, 6.45) is 3.15. The highest BCUT2D eigenvalue weighted by molar-refractivity contribution is 5.85. The van der Waals surface area contributed by atoms with Gasteiger partial charge < -0.3 is 10.2 Å². The maximum absolute atomic E-state index is 4.34. The quantitative estimate of drug-likeness (QED) is 0.829. The first-order chi connectivity index (χ1) is 11.2. The Bertz CT molecular complexity index is 817. The number of rotatable bonds is 2. The van der Waals surface area contributed by atoms with Gasteiger partial charge in [-0.25, -0.2) is 0 Å². The van der Waals surface area contributed by atoms with E-state index in [0.717, 1.165) is 37.2 Å². The second-order valence-electron chi connectivity index (χ2n) is 6.45. The van der Waals surface area contributed by atoms with Gasteiger partial charge in [0.25, 0.3) is 0 Å². The van der Waals surface area contributed by atoms with E-state index in [-0.39, 0.29) is 0 Å². The number of hydrogen-bond donors (Lipinski definition) is 1. The lowest BCUT2D eigenvalue weighted by Crippen LogP contribution is -2.15. The molecule has 2 heterocycles. The fraction of sp³-hybridized carbons (Fsp3) is 0.238. The molecular weight excluding hydrogens is 280 g/mol. The molecular formula is C21H22N2. The first-order valence-corrected chi connectivity index (χ1v) is 8.32. The minimum absolute atomic E-state index is 0.901. The predicted molar refractivity (Wildman–Crippen MR) is 98.6 cm³/mol. The fourth-order valence-electron chi connectivity index (χ4n) is 3.51. The van der Waals surface area contributed by atoms with Crippen LogP contribution in [0.25, 0.3) is 5.70 Å². The third-order valence-electron chi connectivity index (χ3n) is 4.96. The summed E-state index contributed by atoms with van der Waals surface area (Å²) in [7, 11) is 0. The van der Waals surface area contributed by atoms with Crippen LogP contribution in [-0.4, -0.2) is 0 Å². The summed E-state index contributed by atoms with van der Waals surface area (Å²) in [5.41, 5.74) is 9.99. The van der Waals surface area contributed by atoms with Gasteiger partial charge in [0.05, 0.1) is 0 Å². The monoisotopic (exact) mass is 302 g/mol. The van der Waals surface area contributed by atoms with Crippen molar-refractivity contribution in [2.45, 2.75) is 32.7 Å². The summed E-state index contributed by atoms with van der Waals surface area (Å²) in [5.74, 6) is 0. The van der Waals surface area contributed by atoms with Crippen molar-refractivity contribution in [3.05, 3.63) is 77.5 Å². The smallest absolute Gasteiger partial charge is 0.0488 e. The molecule has 2 aliphatic heterocycles. The van der Waals surface area contributed by atoms with E-state index in [1.165, 1.54) is 33.6 Å². The Labute approximate surface area is 138 Å².